The highest BCUT2D eigenvalue weighted by Crippen LogP contribution is 2.33. The van der Waals surface area contributed by atoms with Crippen molar-refractivity contribution in [3.05, 3.63) is 45.2 Å². The van der Waals surface area contributed by atoms with Gasteiger partial charge in [-0.25, -0.2) is 0 Å². The number of alkyl halides is 3. The Morgan fingerprint density at radius 3 is 2.44 bits per heavy atom. The Labute approximate surface area is 213 Å². The average molecular weight is 527 g/mol. The minimum Gasteiger partial charge on any atom is -0.493 e. The van der Waals surface area contributed by atoms with E-state index in [4.69, 9.17) is 14.2 Å². The summed E-state index contributed by atoms with van der Waals surface area (Å²) >= 11 is 1.36. The first-order chi connectivity index (χ1) is 17.0. The minimum absolute atomic E-state index is 0.0201. The van der Waals surface area contributed by atoms with Crippen LogP contribution in [0.3, 0.4) is 0 Å². The molecule has 0 bridgehead atoms. The van der Waals surface area contributed by atoms with E-state index in [1.165, 1.54) is 17.4 Å². The summed E-state index contributed by atoms with van der Waals surface area (Å²) < 4.78 is 59.4. The Hall–Kier alpha value is -2.17. The second-order valence-corrected chi connectivity index (χ2v) is 11.3. The zero-order valence-corrected chi connectivity index (χ0v) is 21.7. The first-order valence-corrected chi connectivity index (χ1v) is 13.2. The van der Waals surface area contributed by atoms with Gasteiger partial charge in [0.05, 0.1) is 36.5 Å². The molecule has 36 heavy (non-hydrogen) atoms. The van der Waals surface area contributed by atoms with E-state index in [9.17, 15) is 18.0 Å². The molecule has 2 fully saturated rings. The molecule has 4 rings (SSSR count). The third kappa shape index (κ3) is 6.77. The molecule has 2 aromatic rings. The van der Waals surface area contributed by atoms with E-state index in [-0.39, 0.29) is 35.5 Å². The van der Waals surface area contributed by atoms with Gasteiger partial charge in [0.2, 0.25) is 0 Å². The highest BCUT2D eigenvalue weighted by molar-refractivity contribution is 7.09. The maximum Gasteiger partial charge on any atom is 0.416 e. The summed E-state index contributed by atoms with van der Waals surface area (Å²) in [6.45, 7) is 8.37. The molecule has 0 aliphatic carbocycles. The van der Waals surface area contributed by atoms with Crippen molar-refractivity contribution in [1.82, 2.24) is 4.57 Å². The van der Waals surface area contributed by atoms with Gasteiger partial charge in [-0.1, -0.05) is 20.8 Å². The predicted molar refractivity (Wildman–Crippen MR) is 130 cm³/mol. The quantitative estimate of drug-likeness (QED) is 0.462. The number of nitrogens with zero attached hydrogens (tertiary/aromatic N) is 2. The van der Waals surface area contributed by atoms with Gasteiger partial charge in [-0.2, -0.15) is 18.2 Å². The zero-order chi connectivity index (χ0) is 25.9. The van der Waals surface area contributed by atoms with Crippen molar-refractivity contribution in [1.29, 1.82) is 0 Å². The average Bonchev–Trinajstić information content (AvgIpc) is 3.56. The van der Waals surface area contributed by atoms with Crippen molar-refractivity contribution in [2.45, 2.75) is 83.2 Å². The molecule has 2 atom stereocenters. The lowest BCUT2D eigenvalue weighted by atomic mass is 9.95. The molecule has 1 aromatic heterocycles. The number of amides is 1. The van der Waals surface area contributed by atoms with E-state index in [1.807, 2.05) is 10.8 Å². The number of aromatic nitrogens is 1. The number of benzene rings is 1. The largest absolute Gasteiger partial charge is 0.493 e. The van der Waals surface area contributed by atoms with Gasteiger partial charge >= 0.3 is 6.18 Å². The number of carbonyl (C=O) groups is 1. The fourth-order valence-corrected chi connectivity index (χ4v) is 5.33. The lowest BCUT2D eigenvalue weighted by molar-refractivity contribution is -0.137. The van der Waals surface area contributed by atoms with Crippen molar-refractivity contribution in [2.75, 3.05) is 19.8 Å². The molecule has 0 N–H and O–H groups in total. The van der Waals surface area contributed by atoms with Gasteiger partial charge in [-0.05, 0) is 49.3 Å². The van der Waals surface area contributed by atoms with E-state index >= 15 is 0 Å². The Kier molecular flexibility index (Phi) is 8.26. The normalized spacial score (nSPS) is 21.3. The summed E-state index contributed by atoms with van der Waals surface area (Å²) in [4.78, 5) is 19.0. The Balaban J connectivity index is 1.65. The summed E-state index contributed by atoms with van der Waals surface area (Å²) in [5.41, 5.74) is -1.29. The molecule has 1 amide bonds. The summed E-state index contributed by atoms with van der Waals surface area (Å²) in [6, 6.07) is 2.96. The molecule has 2 aliphatic rings. The van der Waals surface area contributed by atoms with Gasteiger partial charge in [0.15, 0.2) is 4.80 Å². The number of rotatable bonds is 7. The number of ether oxygens (including phenoxy) is 3. The topological polar surface area (TPSA) is 62.1 Å². The SMILES string of the molecule is CC(C)(C)c1cn(C[C@H]2CCCO2)c(=NC(=O)c2cc(C(F)(F)F)ccc2OCC[C@H]2CCCO2)s1. The zero-order valence-electron chi connectivity index (χ0n) is 20.9. The van der Waals surface area contributed by atoms with Crippen LogP contribution in [0.25, 0.3) is 0 Å². The van der Waals surface area contributed by atoms with Gasteiger partial charge in [0, 0.05) is 30.7 Å². The van der Waals surface area contributed by atoms with Crippen LogP contribution in [-0.2, 0) is 27.6 Å². The Bertz CT molecular complexity index is 1120. The second kappa shape index (κ2) is 11.1. The van der Waals surface area contributed by atoms with Crippen molar-refractivity contribution in [2.24, 2.45) is 4.99 Å². The maximum absolute atomic E-state index is 13.5. The molecule has 10 heteroatoms. The van der Waals surface area contributed by atoms with Gasteiger partial charge in [0.1, 0.15) is 5.75 Å². The third-order valence-corrected chi connectivity index (χ3v) is 7.79. The number of halogens is 3. The Morgan fingerprint density at radius 2 is 1.83 bits per heavy atom. The van der Waals surface area contributed by atoms with Crippen molar-refractivity contribution >= 4 is 17.2 Å². The first kappa shape index (κ1) is 26.9. The third-order valence-electron chi connectivity index (χ3n) is 6.34. The molecule has 0 saturated carbocycles. The van der Waals surface area contributed by atoms with Crippen LogP contribution in [0, 0.1) is 0 Å². The number of hydrogen-bond donors (Lipinski definition) is 0. The van der Waals surface area contributed by atoms with Crippen LogP contribution < -0.4 is 9.54 Å². The summed E-state index contributed by atoms with van der Waals surface area (Å²) in [7, 11) is 0. The van der Waals surface area contributed by atoms with E-state index in [2.05, 4.69) is 25.8 Å². The second-order valence-electron chi connectivity index (χ2n) is 10.3. The predicted octanol–water partition coefficient (Wildman–Crippen LogP) is 5.73. The number of thiazole rings is 1. The van der Waals surface area contributed by atoms with Gasteiger partial charge < -0.3 is 18.8 Å². The first-order valence-electron chi connectivity index (χ1n) is 12.4. The van der Waals surface area contributed by atoms with E-state index < -0.39 is 17.6 Å². The highest BCUT2D eigenvalue weighted by Gasteiger charge is 2.32. The van der Waals surface area contributed by atoms with E-state index in [0.717, 1.165) is 42.7 Å². The fourth-order valence-electron chi connectivity index (χ4n) is 4.27. The monoisotopic (exact) mass is 526 g/mol. The smallest absolute Gasteiger partial charge is 0.416 e. The van der Waals surface area contributed by atoms with Crippen LogP contribution >= 0.6 is 11.3 Å². The molecular formula is C26H33F3N2O4S. The summed E-state index contributed by atoms with van der Waals surface area (Å²) in [5.74, 6) is -0.676. The van der Waals surface area contributed by atoms with Crippen LogP contribution in [0.4, 0.5) is 13.2 Å². The molecule has 0 spiro atoms. The van der Waals surface area contributed by atoms with Crippen molar-refractivity contribution < 1.29 is 32.2 Å². The molecule has 1 aromatic carbocycles. The van der Waals surface area contributed by atoms with Crippen LogP contribution in [0.2, 0.25) is 0 Å². The summed E-state index contributed by atoms with van der Waals surface area (Å²) in [5, 5.41) is 0. The van der Waals surface area contributed by atoms with Crippen molar-refractivity contribution in [3.8, 4) is 5.75 Å². The molecular weight excluding hydrogens is 493 g/mol. The molecule has 0 unspecified atom stereocenters. The van der Waals surface area contributed by atoms with Crippen molar-refractivity contribution in [3.63, 3.8) is 0 Å². The van der Waals surface area contributed by atoms with Crippen LogP contribution in [-0.4, -0.2) is 42.5 Å². The maximum atomic E-state index is 13.5. The molecule has 2 saturated heterocycles. The Morgan fingerprint density at radius 1 is 1.14 bits per heavy atom. The standard InChI is InChI=1S/C26H33F3N2O4S/c1-25(2,3)22-16-31(15-19-7-5-12-34-19)24(36-22)30-23(32)20-14-17(26(27,28)29)8-9-21(20)35-13-10-18-6-4-11-33-18/h8-9,14,16,18-19H,4-7,10-13,15H2,1-3H3/t18-,19-/m1/s1. The lowest BCUT2D eigenvalue weighted by Crippen LogP contribution is -2.23. The van der Waals surface area contributed by atoms with Crippen LogP contribution in [0.1, 0.15) is 73.7 Å². The lowest BCUT2D eigenvalue weighted by Gasteiger charge is -2.15. The highest BCUT2D eigenvalue weighted by atomic mass is 32.1. The molecule has 6 nitrogen and oxygen atoms in total. The fraction of sp³-hybridized carbons (Fsp3) is 0.615. The van der Waals surface area contributed by atoms with Crippen LogP contribution in [0.15, 0.2) is 29.4 Å². The van der Waals surface area contributed by atoms with E-state index in [0.29, 0.717) is 31.0 Å². The number of hydrogen-bond acceptors (Lipinski definition) is 5. The molecule has 0 radical (unpaired) electrons. The molecule has 3 heterocycles. The van der Waals surface area contributed by atoms with Crippen LogP contribution in [0.5, 0.6) is 5.75 Å². The van der Waals surface area contributed by atoms with Gasteiger partial charge in [-0.15, -0.1) is 11.3 Å². The molecule has 198 valence electrons. The van der Waals surface area contributed by atoms with Gasteiger partial charge in [0.25, 0.3) is 5.91 Å². The summed E-state index contributed by atoms with van der Waals surface area (Å²) in [6.07, 6.45) is 1.87. The van der Waals surface area contributed by atoms with Gasteiger partial charge in [-0.3, -0.25) is 4.79 Å². The molecule has 2 aliphatic heterocycles. The van der Waals surface area contributed by atoms with E-state index in [1.54, 1.807) is 0 Å². The minimum atomic E-state index is -4.59. The number of carbonyl (C=O) groups excluding carboxylic acids is 1.